The maximum atomic E-state index is 13.9. The summed E-state index contributed by atoms with van der Waals surface area (Å²) in [7, 11) is 0. The molecule has 1 saturated heterocycles. The predicted molar refractivity (Wildman–Crippen MR) is 79.3 cm³/mol. The first-order valence-corrected chi connectivity index (χ1v) is 7.69. The molecule has 0 spiro atoms. The zero-order valence-electron chi connectivity index (χ0n) is 12.5. The molecule has 3 atom stereocenters. The molecule has 23 heavy (non-hydrogen) atoms. The Morgan fingerprint density at radius 1 is 1.30 bits per heavy atom. The van der Waals surface area contributed by atoms with Gasteiger partial charge in [-0.15, -0.1) is 0 Å². The molecule has 3 heterocycles. The molecule has 2 aliphatic heterocycles. The maximum absolute atomic E-state index is 13.9. The minimum Gasteiger partial charge on any atom is -0.370 e. The number of nitrogens with zero attached hydrogens (tertiary/aromatic N) is 2. The number of hydrogen-bond acceptors (Lipinski definition) is 4. The number of rotatable bonds is 2. The highest BCUT2D eigenvalue weighted by molar-refractivity contribution is 5.24. The van der Waals surface area contributed by atoms with Gasteiger partial charge in [0.1, 0.15) is 17.7 Å². The zero-order chi connectivity index (χ0) is 16.0. The van der Waals surface area contributed by atoms with Gasteiger partial charge in [0.05, 0.1) is 18.5 Å². The van der Waals surface area contributed by atoms with Gasteiger partial charge < -0.3 is 10.5 Å². The molecule has 0 saturated carbocycles. The van der Waals surface area contributed by atoms with Crippen molar-refractivity contribution in [3.8, 4) is 0 Å². The SMILES string of the molecule is NC1CC(N2Cc3cn[nH]c3C2)CO[C@@H]1c1cc(F)ccc1F. The van der Waals surface area contributed by atoms with Crippen LogP contribution in [0.2, 0.25) is 0 Å². The molecule has 0 radical (unpaired) electrons. The van der Waals surface area contributed by atoms with E-state index in [0.29, 0.717) is 13.0 Å². The summed E-state index contributed by atoms with van der Waals surface area (Å²) in [6, 6.07) is 3.18. The van der Waals surface area contributed by atoms with Crippen LogP contribution in [0.25, 0.3) is 0 Å². The lowest BCUT2D eigenvalue weighted by molar-refractivity contribution is -0.0533. The summed E-state index contributed by atoms with van der Waals surface area (Å²) in [5, 5.41) is 7.01. The molecule has 2 aromatic rings. The van der Waals surface area contributed by atoms with Crippen molar-refractivity contribution in [3.05, 3.63) is 52.9 Å². The zero-order valence-corrected chi connectivity index (χ0v) is 12.5. The van der Waals surface area contributed by atoms with Crippen LogP contribution in [0, 0.1) is 11.6 Å². The van der Waals surface area contributed by atoms with Crippen molar-refractivity contribution in [1.29, 1.82) is 0 Å². The third-order valence-electron chi connectivity index (χ3n) is 4.72. The van der Waals surface area contributed by atoms with Crippen molar-refractivity contribution in [2.75, 3.05) is 6.61 Å². The fourth-order valence-corrected chi connectivity index (χ4v) is 3.50. The van der Waals surface area contributed by atoms with E-state index < -0.39 is 17.7 Å². The number of hydrogen-bond donors (Lipinski definition) is 2. The topological polar surface area (TPSA) is 67.2 Å². The van der Waals surface area contributed by atoms with E-state index in [1.54, 1.807) is 0 Å². The molecule has 3 N–H and O–H groups in total. The average Bonchev–Trinajstić information content (AvgIpc) is 3.11. The van der Waals surface area contributed by atoms with Crippen molar-refractivity contribution in [3.63, 3.8) is 0 Å². The first-order valence-electron chi connectivity index (χ1n) is 7.69. The molecule has 1 aromatic heterocycles. The van der Waals surface area contributed by atoms with E-state index in [0.717, 1.165) is 30.9 Å². The molecule has 5 nitrogen and oxygen atoms in total. The second-order valence-corrected chi connectivity index (χ2v) is 6.25. The average molecular weight is 320 g/mol. The molecular formula is C16H18F2N4O. The predicted octanol–water partition coefficient (Wildman–Crippen LogP) is 1.86. The van der Waals surface area contributed by atoms with Gasteiger partial charge >= 0.3 is 0 Å². The number of aromatic amines is 1. The van der Waals surface area contributed by atoms with E-state index in [1.807, 2.05) is 6.20 Å². The lowest BCUT2D eigenvalue weighted by Crippen LogP contribution is -2.47. The Morgan fingerprint density at radius 2 is 2.17 bits per heavy atom. The molecule has 0 aliphatic carbocycles. The van der Waals surface area contributed by atoms with Gasteiger partial charge in [0.15, 0.2) is 0 Å². The van der Waals surface area contributed by atoms with E-state index in [2.05, 4.69) is 15.1 Å². The minimum absolute atomic E-state index is 0.165. The summed E-state index contributed by atoms with van der Waals surface area (Å²) < 4.78 is 33.1. The van der Waals surface area contributed by atoms with E-state index in [-0.39, 0.29) is 17.6 Å². The van der Waals surface area contributed by atoms with Crippen LogP contribution in [0.3, 0.4) is 0 Å². The van der Waals surface area contributed by atoms with Gasteiger partial charge in [-0.1, -0.05) is 0 Å². The minimum atomic E-state index is -0.607. The van der Waals surface area contributed by atoms with Gasteiger partial charge in [-0.25, -0.2) is 8.78 Å². The quantitative estimate of drug-likeness (QED) is 0.886. The largest absolute Gasteiger partial charge is 0.370 e. The molecule has 1 fully saturated rings. The highest BCUT2D eigenvalue weighted by atomic mass is 19.1. The molecule has 2 unspecified atom stereocenters. The van der Waals surface area contributed by atoms with Crippen LogP contribution in [-0.4, -0.2) is 33.8 Å². The molecule has 122 valence electrons. The Bertz CT molecular complexity index is 699. The van der Waals surface area contributed by atoms with E-state index >= 15 is 0 Å². The molecule has 7 heteroatoms. The molecule has 2 aliphatic rings. The number of halogens is 2. The molecule has 1 aromatic carbocycles. The second-order valence-electron chi connectivity index (χ2n) is 6.25. The summed E-state index contributed by atoms with van der Waals surface area (Å²) in [4.78, 5) is 2.28. The van der Waals surface area contributed by atoms with Crippen molar-refractivity contribution in [1.82, 2.24) is 15.1 Å². The van der Waals surface area contributed by atoms with E-state index in [1.165, 1.54) is 11.6 Å². The van der Waals surface area contributed by atoms with Gasteiger partial charge in [0.2, 0.25) is 0 Å². The number of nitrogens with one attached hydrogen (secondary N) is 1. The van der Waals surface area contributed by atoms with Crippen LogP contribution >= 0.6 is 0 Å². The Morgan fingerprint density at radius 3 is 2.96 bits per heavy atom. The smallest absolute Gasteiger partial charge is 0.129 e. The van der Waals surface area contributed by atoms with Gasteiger partial charge in [-0.3, -0.25) is 10.00 Å². The Hall–Kier alpha value is -1.83. The van der Waals surface area contributed by atoms with E-state index in [9.17, 15) is 8.78 Å². The van der Waals surface area contributed by atoms with Gasteiger partial charge in [0, 0.05) is 36.3 Å². The van der Waals surface area contributed by atoms with Gasteiger partial charge in [0.25, 0.3) is 0 Å². The van der Waals surface area contributed by atoms with Crippen molar-refractivity contribution in [2.24, 2.45) is 5.73 Å². The molecule has 4 rings (SSSR count). The number of fused-ring (bicyclic) bond motifs is 1. The number of ether oxygens (including phenoxy) is 1. The summed E-state index contributed by atoms with van der Waals surface area (Å²) in [5.74, 6) is -0.961. The molecular weight excluding hydrogens is 302 g/mol. The lowest BCUT2D eigenvalue weighted by Gasteiger charge is -2.38. The summed E-state index contributed by atoms with van der Waals surface area (Å²) in [6.45, 7) is 2.05. The summed E-state index contributed by atoms with van der Waals surface area (Å²) in [5.41, 5.74) is 8.72. The Balaban J connectivity index is 1.46. The van der Waals surface area contributed by atoms with Crippen LogP contribution in [0.1, 0.15) is 29.3 Å². The first kappa shape index (κ1) is 14.7. The Labute approximate surface area is 132 Å². The van der Waals surface area contributed by atoms with Crippen LogP contribution in [0.15, 0.2) is 24.4 Å². The number of aromatic nitrogens is 2. The summed E-state index contributed by atoms with van der Waals surface area (Å²) >= 11 is 0. The van der Waals surface area contributed by atoms with Crippen molar-refractivity contribution >= 4 is 0 Å². The standard InChI is InChI=1S/C16H18F2N4O/c17-10-1-2-13(18)12(3-10)16-14(19)4-11(8-23-16)22-6-9-5-20-21-15(9)7-22/h1-3,5,11,14,16H,4,6-8,19H2,(H,20,21)/t11?,14?,16-/m1/s1. The third-order valence-corrected chi connectivity index (χ3v) is 4.72. The van der Waals surface area contributed by atoms with Crippen molar-refractivity contribution in [2.45, 2.75) is 37.7 Å². The lowest BCUT2D eigenvalue weighted by atomic mass is 9.93. The van der Waals surface area contributed by atoms with Crippen LogP contribution in [0.5, 0.6) is 0 Å². The highest BCUT2D eigenvalue weighted by Crippen LogP contribution is 2.33. The van der Waals surface area contributed by atoms with Gasteiger partial charge in [-0.2, -0.15) is 5.10 Å². The first-order chi connectivity index (χ1) is 11.1. The van der Waals surface area contributed by atoms with Crippen LogP contribution in [0.4, 0.5) is 8.78 Å². The number of H-pyrrole nitrogens is 1. The monoisotopic (exact) mass is 320 g/mol. The fourth-order valence-electron chi connectivity index (χ4n) is 3.50. The summed E-state index contributed by atoms with van der Waals surface area (Å²) in [6.07, 6.45) is 1.91. The highest BCUT2D eigenvalue weighted by Gasteiger charge is 2.36. The van der Waals surface area contributed by atoms with Crippen LogP contribution in [-0.2, 0) is 17.8 Å². The number of benzene rings is 1. The Kier molecular flexibility index (Phi) is 3.63. The van der Waals surface area contributed by atoms with Gasteiger partial charge in [-0.05, 0) is 24.6 Å². The van der Waals surface area contributed by atoms with Crippen LogP contribution < -0.4 is 5.73 Å². The normalized spacial score (nSPS) is 28.0. The molecule has 0 bridgehead atoms. The fraction of sp³-hybridized carbons (Fsp3) is 0.438. The van der Waals surface area contributed by atoms with E-state index in [4.69, 9.17) is 10.5 Å². The second kappa shape index (κ2) is 5.67. The third kappa shape index (κ3) is 2.65. The maximum Gasteiger partial charge on any atom is 0.129 e. The molecule has 0 amide bonds. The number of nitrogens with two attached hydrogens (primary N) is 1. The van der Waals surface area contributed by atoms with Crippen molar-refractivity contribution < 1.29 is 13.5 Å².